The predicted octanol–water partition coefficient (Wildman–Crippen LogP) is 1.38. The van der Waals surface area contributed by atoms with Gasteiger partial charge in [-0.05, 0) is 36.4 Å². The molecule has 2 aromatic carbocycles. The Morgan fingerprint density at radius 1 is 0.963 bits per heavy atom. The summed E-state index contributed by atoms with van der Waals surface area (Å²) in [6.07, 6.45) is -2.60. The molecular weight excluding hydrogens is 350 g/mol. The van der Waals surface area contributed by atoms with Gasteiger partial charge in [-0.1, -0.05) is 6.07 Å². The fraction of sp³-hybridized carbons (Fsp3) is 0.350. The summed E-state index contributed by atoms with van der Waals surface area (Å²) < 4.78 is 16.0. The number of methoxy groups -OCH3 is 2. The third kappa shape index (κ3) is 4.32. The Hall–Kier alpha value is -2.77. The second kappa shape index (κ2) is 8.28. The molecule has 0 unspecified atom stereocenters. The van der Waals surface area contributed by atoms with E-state index in [9.17, 15) is 15.0 Å². The van der Waals surface area contributed by atoms with Crippen LogP contribution >= 0.6 is 0 Å². The van der Waals surface area contributed by atoms with Crippen molar-refractivity contribution in [3.8, 4) is 17.2 Å². The number of carbonyl (C=O) groups is 1. The van der Waals surface area contributed by atoms with Gasteiger partial charge in [0.1, 0.15) is 35.6 Å². The zero-order chi connectivity index (χ0) is 19.4. The van der Waals surface area contributed by atoms with Gasteiger partial charge in [0.05, 0.1) is 20.3 Å². The van der Waals surface area contributed by atoms with E-state index in [1.807, 2.05) is 0 Å². The summed E-state index contributed by atoms with van der Waals surface area (Å²) in [5.74, 6) is 1.46. The van der Waals surface area contributed by atoms with Crippen molar-refractivity contribution in [1.82, 2.24) is 5.32 Å². The minimum atomic E-state index is -1.12. The van der Waals surface area contributed by atoms with Crippen LogP contribution in [0, 0.1) is 0 Å². The zero-order valence-corrected chi connectivity index (χ0v) is 15.2. The molecule has 4 atom stereocenters. The molecule has 27 heavy (non-hydrogen) atoms. The molecule has 3 N–H and O–H groups in total. The maximum atomic E-state index is 12.4. The van der Waals surface area contributed by atoms with E-state index in [2.05, 4.69) is 5.32 Å². The van der Waals surface area contributed by atoms with Gasteiger partial charge in [-0.15, -0.1) is 0 Å². The number of rotatable bonds is 6. The minimum Gasteiger partial charge on any atom is -0.497 e. The lowest BCUT2D eigenvalue weighted by atomic mass is 10.1. The fourth-order valence-corrected chi connectivity index (χ4v) is 3.09. The summed E-state index contributed by atoms with van der Waals surface area (Å²) in [7, 11) is 3.10. The third-order valence-electron chi connectivity index (χ3n) is 4.63. The van der Waals surface area contributed by atoms with Crippen molar-refractivity contribution >= 4 is 5.91 Å². The Kier molecular flexibility index (Phi) is 5.83. The van der Waals surface area contributed by atoms with Crippen LogP contribution in [-0.4, -0.2) is 54.7 Å². The van der Waals surface area contributed by atoms with E-state index in [4.69, 9.17) is 14.2 Å². The molecule has 3 rings (SSSR count). The Balaban J connectivity index is 1.64. The quantitative estimate of drug-likeness (QED) is 0.708. The molecule has 7 nitrogen and oxygen atoms in total. The van der Waals surface area contributed by atoms with Crippen LogP contribution in [-0.2, 0) is 0 Å². The molecular formula is C20H23NO6. The minimum absolute atomic E-state index is 0.279. The highest BCUT2D eigenvalue weighted by Gasteiger charge is 2.43. The number of ether oxygens (including phenoxy) is 3. The summed E-state index contributed by atoms with van der Waals surface area (Å²) in [4.78, 5) is 12.4. The van der Waals surface area contributed by atoms with E-state index in [-0.39, 0.29) is 12.3 Å². The Labute approximate surface area is 157 Å². The molecule has 0 saturated heterocycles. The molecule has 1 amide bonds. The summed E-state index contributed by atoms with van der Waals surface area (Å²) in [5.41, 5.74) is 0.439. The van der Waals surface area contributed by atoms with E-state index in [0.717, 1.165) is 0 Å². The van der Waals surface area contributed by atoms with E-state index in [1.165, 1.54) is 0 Å². The largest absolute Gasteiger partial charge is 0.497 e. The summed E-state index contributed by atoms with van der Waals surface area (Å²) >= 11 is 0. The maximum Gasteiger partial charge on any atom is 0.251 e. The standard InChI is InChI=1S/C20H23NO6/c1-25-13-8-6-12(7-9-13)20(24)21-16-11-17(19(23)18(16)22)27-15-5-3-4-14(10-15)26-2/h3-10,16-19,22-23H,11H2,1-2H3,(H,21,24)/t16-,17-,18+,19+/m1/s1. The SMILES string of the molecule is COc1ccc(C(=O)N[C@@H]2C[C@@H](Oc3cccc(OC)c3)[C@H](O)[C@H]2O)cc1. The summed E-state index contributed by atoms with van der Waals surface area (Å²) in [6.45, 7) is 0. The van der Waals surface area contributed by atoms with Gasteiger partial charge < -0.3 is 29.7 Å². The normalized spacial score (nSPS) is 24.3. The van der Waals surface area contributed by atoms with Crippen LogP contribution in [0.5, 0.6) is 17.2 Å². The van der Waals surface area contributed by atoms with Gasteiger partial charge in [0, 0.05) is 18.1 Å². The molecule has 1 aliphatic carbocycles. The fourth-order valence-electron chi connectivity index (χ4n) is 3.09. The van der Waals surface area contributed by atoms with Gasteiger partial charge in [0.2, 0.25) is 0 Å². The molecule has 0 aromatic heterocycles. The smallest absolute Gasteiger partial charge is 0.251 e. The first-order valence-electron chi connectivity index (χ1n) is 8.63. The topological polar surface area (TPSA) is 97.3 Å². The number of carbonyl (C=O) groups excluding carboxylic acids is 1. The van der Waals surface area contributed by atoms with Crippen LogP contribution in [0.25, 0.3) is 0 Å². The van der Waals surface area contributed by atoms with E-state index < -0.39 is 24.4 Å². The zero-order valence-electron chi connectivity index (χ0n) is 15.2. The van der Waals surface area contributed by atoms with Gasteiger partial charge >= 0.3 is 0 Å². The van der Waals surface area contributed by atoms with Crippen molar-refractivity contribution < 1.29 is 29.2 Å². The van der Waals surface area contributed by atoms with Crippen LogP contribution < -0.4 is 19.5 Å². The molecule has 0 aliphatic heterocycles. The molecule has 7 heteroatoms. The number of nitrogens with one attached hydrogen (secondary N) is 1. The molecule has 1 saturated carbocycles. The first kappa shape index (κ1) is 19.0. The first-order chi connectivity index (χ1) is 13.0. The molecule has 0 radical (unpaired) electrons. The highest BCUT2D eigenvalue weighted by molar-refractivity contribution is 5.94. The molecule has 0 bridgehead atoms. The second-order valence-electron chi connectivity index (χ2n) is 6.36. The lowest BCUT2D eigenvalue weighted by Gasteiger charge is -2.18. The average molecular weight is 373 g/mol. The molecule has 2 aromatic rings. The van der Waals surface area contributed by atoms with Crippen molar-refractivity contribution in [2.45, 2.75) is 30.8 Å². The van der Waals surface area contributed by atoms with E-state index in [1.54, 1.807) is 62.8 Å². The van der Waals surface area contributed by atoms with Crippen LogP contribution in [0.1, 0.15) is 16.8 Å². The van der Waals surface area contributed by atoms with Gasteiger partial charge in [0.15, 0.2) is 0 Å². The predicted molar refractivity (Wildman–Crippen MR) is 98.3 cm³/mol. The van der Waals surface area contributed by atoms with E-state index >= 15 is 0 Å². The van der Waals surface area contributed by atoms with Crippen molar-refractivity contribution in [3.63, 3.8) is 0 Å². The molecule has 0 heterocycles. The Morgan fingerprint density at radius 3 is 2.30 bits per heavy atom. The van der Waals surface area contributed by atoms with Gasteiger partial charge in [-0.25, -0.2) is 0 Å². The Bertz CT molecular complexity index is 778. The van der Waals surface area contributed by atoms with Crippen LogP contribution in [0.2, 0.25) is 0 Å². The van der Waals surface area contributed by atoms with E-state index in [0.29, 0.717) is 22.8 Å². The molecule has 1 aliphatic rings. The number of amides is 1. The number of benzene rings is 2. The number of hydrogen-bond acceptors (Lipinski definition) is 6. The molecule has 0 spiro atoms. The third-order valence-corrected chi connectivity index (χ3v) is 4.63. The average Bonchev–Trinajstić information content (AvgIpc) is 2.96. The number of aliphatic hydroxyl groups excluding tert-OH is 2. The van der Waals surface area contributed by atoms with Crippen molar-refractivity contribution in [1.29, 1.82) is 0 Å². The summed E-state index contributed by atoms with van der Waals surface area (Å²) in [5, 5.41) is 23.3. The highest BCUT2D eigenvalue weighted by Crippen LogP contribution is 2.28. The van der Waals surface area contributed by atoms with Gasteiger partial charge in [-0.2, -0.15) is 0 Å². The lowest BCUT2D eigenvalue weighted by molar-refractivity contribution is -0.0135. The van der Waals surface area contributed by atoms with Crippen LogP contribution in [0.3, 0.4) is 0 Å². The molecule has 1 fully saturated rings. The van der Waals surface area contributed by atoms with Crippen molar-refractivity contribution in [2.24, 2.45) is 0 Å². The van der Waals surface area contributed by atoms with Gasteiger partial charge in [0.25, 0.3) is 5.91 Å². The second-order valence-corrected chi connectivity index (χ2v) is 6.36. The van der Waals surface area contributed by atoms with Crippen LogP contribution in [0.4, 0.5) is 0 Å². The number of hydrogen-bond donors (Lipinski definition) is 3. The molecule has 144 valence electrons. The first-order valence-corrected chi connectivity index (χ1v) is 8.63. The summed E-state index contributed by atoms with van der Waals surface area (Å²) in [6, 6.07) is 13.0. The number of aliphatic hydroxyl groups is 2. The van der Waals surface area contributed by atoms with Crippen molar-refractivity contribution in [3.05, 3.63) is 54.1 Å². The van der Waals surface area contributed by atoms with Crippen LogP contribution in [0.15, 0.2) is 48.5 Å². The monoisotopic (exact) mass is 373 g/mol. The Morgan fingerprint density at radius 2 is 1.63 bits per heavy atom. The highest BCUT2D eigenvalue weighted by atomic mass is 16.5. The lowest BCUT2D eigenvalue weighted by Crippen LogP contribution is -2.43. The maximum absolute atomic E-state index is 12.4. The van der Waals surface area contributed by atoms with Crippen molar-refractivity contribution in [2.75, 3.05) is 14.2 Å². The van der Waals surface area contributed by atoms with Gasteiger partial charge in [-0.3, -0.25) is 4.79 Å².